The second-order valence-electron chi connectivity index (χ2n) is 10.9. The summed E-state index contributed by atoms with van der Waals surface area (Å²) in [4.78, 5) is 47.1. The zero-order valence-corrected chi connectivity index (χ0v) is 22.6. The highest BCUT2D eigenvalue weighted by molar-refractivity contribution is 6.30. The largest absolute Gasteiger partial charge is 0.375 e. The lowest BCUT2D eigenvalue weighted by atomic mass is 9.84. The molecular weight excluding hydrogens is 533 g/mol. The third kappa shape index (κ3) is 4.59. The van der Waals surface area contributed by atoms with Crippen molar-refractivity contribution >= 4 is 34.9 Å². The molecule has 3 aromatic rings. The molecule has 0 radical (unpaired) electrons. The van der Waals surface area contributed by atoms with E-state index in [1.54, 1.807) is 58.3 Å². The van der Waals surface area contributed by atoms with E-state index in [0.717, 1.165) is 12.8 Å². The molecule has 0 saturated heterocycles. The van der Waals surface area contributed by atoms with Crippen LogP contribution in [0.25, 0.3) is 0 Å². The zero-order valence-electron chi connectivity index (χ0n) is 21.8. The summed E-state index contributed by atoms with van der Waals surface area (Å²) in [6, 6.07) is 17.1. The molecule has 2 aliphatic heterocycles. The third-order valence-corrected chi connectivity index (χ3v) is 8.69. The summed E-state index contributed by atoms with van der Waals surface area (Å²) >= 11 is 6.03. The number of Topliss-reactive ketones (excluding diaryl/α,β-unsaturated/α-hetero) is 1. The lowest BCUT2D eigenvalue weighted by Crippen LogP contribution is -2.48. The van der Waals surface area contributed by atoms with Gasteiger partial charge in [0, 0.05) is 29.9 Å². The van der Waals surface area contributed by atoms with Gasteiger partial charge in [-0.3, -0.25) is 19.4 Å². The van der Waals surface area contributed by atoms with E-state index in [2.05, 4.69) is 4.98 Å². The number of anilines is 1. The van der Waals surface area contributed by atoms with E-state index in [4.69, 9.17) is 11.6 Å². The fraction of sp³-hybridized carbons (Fsp3) is 0.355. The van der Waals surface area contributed by atoms with E-state index in [0.29, 0.717) is 41.2 Å². The minimum absolute atomic E-state index is 0.0315. The van der Waals surface area contributed by atoms with Crippen molar-refractivity contribution in [1.29, 1.82) is 0 Å². The number of rotatable bonds is 6. The number of carbonyl (C=O) groups excluding carboxylic acids is 3. The Kier molecular flexibility index (Phi) is 6.92. The van der Waals surface area contributed by atoms with Gasteiger partial charge in [-0.2, -0.15) is 0 Å². The first kappa shape index (κ1) is 26.6. The molecule has 1 fully saturated rings. The number of benzene rings is 2. The smallest absolute Gasteiger partial charge is 0.264 e. The van der Waals surface area contributed by atoms with Gasteiger partial charge >= 0.3 is 0 Å². The number of fused-ring (bicyclic) bond motifs is 2. The van der Waals surface area contributed by atoms with Crippen molar-refractivity contribution in [3.63, 3.8) is 0 Å². The number of nitrogens with zero attached hydrogens (tertiary/aromatic N) is 3. The summed E-state index contributed by atoms with van der Waals surface area (Å²) in [5.41, 5.74) is -0.0655. The molecule has 2 amide bonds. The van der Waals surface area contributed by atoms with Crippen LogP contribution in [0.2, 0.25) is 5.02 Å². The van der Waals surface area contributed by atoms with Gasteiger partial charge in [-0.25, -0.2) is 4.39 Å². The van der Waals surface area contributed by atoms with Crippen LogP contribution in [0.5, 0.6) is 0 Å². The van der Waals surface area contributed by atoms with Crippen LogP contribution in [0.4, 0.5) is 10.1 Å². The monoisotopic (exact) mass is 561 g/mol. The van der Waals surface area contributed by atoms with E-state index in [1.807, 2.05) is 6.07 Å². The van der Waals surface area contributed by atoms with Gasteiger partial charge in [-0.15, -0.1) is 0 Å². The summed E-state index contributed by atoms with van der Waals surface area (Å²) in [6.45, 7) is 0.364. The average molecular weight is 562 g/mol. The number of hydrogen-bond acceptors (Lipinski definition) is 5. The molecule has 1 aliphatic carbocycles. The molecule has 1 saturated carbocycles. The van der Waals surface area contributed by atoms with Crippen LogP contribution in [0.1, 0.15) is 70.2 Å². The molecule has 1 N–H and O–H groups in total. The predicted molar refractivity (Wildman–Crippen MR) is 148 cm³/mol. The lowest BCUT2D eigenvalue weighted by Gasteiger charge is -2.40. The summed E-state index contributed by atoms with van der Waals surface area (Å²) < 4.78 is 14.9. The Hall–Kier alpha value is -3.62. The molecule has 6 rings (SSSR count). The molecule has 1 aromatic heterocycles. The van der Waals surface area contributed by atoms with Crippen molar-refractivity contribution < 1.29 is 23.9 Å². The fourth-order valence-electron chi connectivity index (χ4n) is 6.40. The third-order valence-electron chi connectivity index (χ3n) is 8.48. The van der Waals surface area contributed by atoms with Gasteiger partial charge < -0.3 is 14.9 Å². The van der Waals surface area contributed by atoms with E-state index in [1.165, 1.54) is 12.3 Å². The first-order valence-electron chi connectivity index (χ1n) is 13.6. The van der Waals surface area contributed by atoms with Gasteiger partial charge in [0.1, 0.15) is 0 Å². The highest BCUT2D eigenvalue weighted by atomic mass is 35.5. The van der Waals surface area contributed by atoms with Crippen molar-refractivity contribution in [2.45, 2.75) is 49.9 Å². The van der Waals surface area contributed by atoms with E-state index in [-0.39, 0.29) is 47.9 Å². The van der Waals surface area contributed by atoms with Gasteiger partial charge in [0.2, 0.25) is 0 Å². The van der Waals surface area contributed by atoms with Crippen LogP contribution in [-0.2, 0) is 10.4 Å². The normalized spacial score (nSPS) is 26.0. The van der Waals surface area contributed by atoms with Crippen LogP contribution in [-0.4, -0.2) is 51.7 Å². The fourth-order valence-corrected chi connectivity index (χ4v) is 6.55. The van der Waals surface area contributed by atoms with E-state index >= 15 is 0 Å². The zero-order chi connectivity index (χ0) is 28.0. The van der Waals surface area contributed by atoms with Crippen LogP contribution >= 0.6 is 11.6 Å². The number of amides is 2. The number of ketones is 1. The Balaban J connectivity index is 1.15. The minimum atomic E-state index is -1.93. The molecule has 0 spiro atoms. The van der Waals surface area contributed by atoms with Crippen molar-refractivity contribution in [1.82, 2.24) is 9.88 Å². The summed E-state index contributed by atoms with van der Waals surface area (Å²) in [5.74, 6) is -0.916. The maximum Gasteiger partial charge on any atom is 0.264 e. The quantitative estimate of drug-likeness (QED) is 0.414. The Labute approximate surface area is 236 Å². The topological polar surface area (TPSA) is 90.8 Å². The number of alkyl halides is 1. The molecular formula is C31H29ClFN3O4. The summed E-state index contributed by atoms with van der Waals surface area (Å²) in [7, 11) is 0. The number of pyridine rings is 1. The van der Waals surface area contributed by atoms with Crippen molar-refractivity contribution in [2.24, 2.45) is 5.92 Å². The van der Waals surface area contributed by atoms with Crippen LogP contribution in [0.3, 0.4) is 0 Å². The molecule has 7 nitrogen and oxygen atoms in total. The highest BCUT2D eigenvalue weighted by Crippen LogP contribution is 2.44. The standard InChI is InChI=1S/C31H29ClFN3O4/c32-21-14-23-28(34-16-21)25(33)18-35(29(23)38)22-12-10-19(11-13-22)17-36-26-9-5-4-8-24(26)31(40,30(36)39)15-27(37)20-6-2-1-3-7-20/h1-9,14,16,19,22,25,40H,10-13,15,17-18H2/t19-,22-,25?,31?. The SMILES string of the molecule is O=C(CC1(O)C(=O)N(C[C@H]2CC[C@H](N3CC(F)c4ncc(Cl)cc4C3=O)CC2)c2ccccc21)c1ccccc1. The number of para-hydroxylation sites is 1. The second-order valence-corrected chi connectivity index (χ2v) is 11.4. The van der Waals surface area contributed by atoms with Gasteiger partial charge in [0.25, 0.3) is 11.8 Å². The maximum absolute atomic E-state index is 14.9. The van der Waals surface area contributed by atoms with Gasteiger partial charge in [0.15, 0.2) is 17.6 Å². The number of aliphatic hydroxyl groups is 1. The maximum atomic E-state index is 14.9. The van der Waals surface area contributed by atoms with Crippen molar-refractivity contribution in [2.75, 3.05) is 18.0 Å². The first-order chi connectivity index (χ1) is 19.3. The van der Waals surface area contributed by atoms with Crippen LogP contribution in [0, 0.1) is 5.92 Å². The van der Waals surface area contributed by atoms with Gasteiger partial charge in [-0.1, -0.05) is 60.1 Å². The second kappa shape index (κ2) is 10.4. The minimum Gasteiger partial charge on any atom is -0.375 e. The first-order valence-corrected chi connectivity index (χ1v) is 14.0. The molecule has 0 bridgehead atoms. The molecule has 206 valence electrons. The summed E-state index contributed by atoms with van der Waals surface area (Å²) in [5, 5.41) is 11.9. The molecule has 2 unspecified atom stereocenters. The molecule has 2 atom stereocenters. The van der Waals surface area contributed by atoms with Crippen LogP contribution < -0.4 is 4.90 Å². The average Bonchev–Trinajstić information content (AvgIpc) is 3.17. The number of halogens is 2. The molecule has 2 aromatic carbocycles. The Morgan fingerprint density at radius 3 is 2.50 bits per heavy atom. The Morgan fingerprint density at radius 2 is 1.75 bits per heavy atom. The van der Waals surface area contributed by atoms with Crippen LogP contribution in [0.15, 0.2) is 66.9 Å². The highest BCUT2D eigenvalue weighted by Gasteiger charge is 2.51. The number of aromatic nitrogens is 1. The molecule has 40 heavy (non-hydrogen) atoms. The number of hydrogen-bond donors (Lipinski definition) is 1. The number of carbonyl (C=O) groups is 3. The molecule has 9 heteroatoms. The Morgan fingerprint density at radius 1 is 1.05 bits per heavy atom. The van der Waals surface area contributed by atoms with Crippen molar-refractivity contribution in [3.05, 3.63) is 94.3 Å². The summed E-state index contributed by atoms with van der Waals surface area (Å²) in [6.07, 6.45) is 2.48. The lowest BCUT2D eigenvalue weighted by molar-refractivity contribution is -0.136. The Bertz CT molecular complexity index is 1480. The van der Waals surface area contributed by atoms with Crippen molar-refractivity contribution in [3.8, 4) is 0 Å². The molecule has 3 aliphatic rings. The van der Waals surface area contributed by atoms with Gasteiger partial charge in [0.05, 0.1) is 34.9 Å². The van der Waals surface area contributed by atoms with Gasteiger partial charge in [-0.05, 0) is 43.7 Å². The predicted octanol–water partition coefficient (Wildman–Crippen LogP) is 5.27. The van der Waals surface area contributed by atoms with E-state index < -0.39 is 17.7 Å². The van der Waals surface area contributed by atoms with E-state index in [9.17, 15) is 23.9 Å². The molecule has 3 heterocycles.